The van der Waals surface area contributed by atoms with E-state index in [-0.39, 0.29) is 0 Å². The lowest BCUT2D eigenvalue weighted by atomic mass is 9.85. The van der Waals surface area contributed by atoms with Gasteiger partial charge in [0.2, 0.25) is 0 Å². The summed E-state index contributed by atoms with van der Waals surface area (Å²) in [7, 11) is 0. The lowest BCUT2D eigenvalue weighted by Crippen LogP contribution is -2.17. The monoisotopic (exact) mass is 227 g/mol. The Morgan fingerprint density at radius 2 is 2.40 bits per heavy atom. The van der Waals surface area contributed by atoms with Crippen molar-refractivity contribution in [1.82, 2.24) is 14.8 Å². The molecule has 0 radical (unpaired) electrons. The molecule has 0 atom stereocenters. The molecule has 1 heterocycles. The lowest BCUT2D eigenvalue weighted by molar-refractivity contribution is 0.137. The minimum absolute atomic E-state index is 0.611. The lowest BCUT2D eigenvalue weighted by Gasteiger charge is -2.24. The first-order valence-corrected chi connectivity index (χ1v) is 5.96. The molecule has 15 heavy (non-hydrogen) atoms. The molecule has 0 amide bonds. The molecule has 0 bridgehead atoms. The zero-order valence-electron chi connectivity index (χ0n) is 9.03. The Balaban J connectivity index is 2.06. The molecule has 1 aromatic rings. The first-order chi connectivity index (χ1) is 7.33. The molecule has 2 rings (SSSR count). The van der Waals surface area contributed by atoms with E-state index in [0.717, 1.165) is 23.7 Å². The number of aromatic nitrogens is 3. The molecule has 4 nitrogen and oxygen atoms in total. The van der Waals surface area contributed by atoms with Gasteiger partial charge in [0.05, 0.1) is 13.2 Å². The minimum Gasteiger partial charge on any atom is -0.380 e. The first-order valence-electron chi connectivity index (χ1n) is 5.55. The van der Waals surface area contributed by atoms with E-state index in [1.165, 1.54) is 19.3 Å². The zero-order chi connectivity index (χ0) is 10.7. The van der Waals surface area contributed by atoms with Crippen LogP contribution in [0.1, 0.15) is 37.9 Å². The second-order valence-corrected chi connectivity index (χ2v) is 4.25. The zero-order valence-corrected chi connectivity index (χ0v) is 9.85. The Hall–Kier alpha value is -0.680. The van der Waals surface area contributed by atoms with Crippen LogP contribution in [-0.4, -0.2) is 28.0 Å². The first kappa shape index (κ1) is 10.8. The van der Waals surface area contributed by atoms with Crippen LogP contribution >= 0.6 is 12.2 Å². The molecule has 84 valence electrons. The van der Waals surface area contributed by atoms with E-state index in [4.69, 9.17) is 17.0 Å². The average Bonchev–Trinajstić information content (AvgIpc) is 2.47. The summed E-state index contributed by atoms with van der Waals surface area (Å²) in [6.07, 6.45) is 3.80. The SMILES string of the molecule is CCOCCn1c(C2CCC2)n[nH]c1=S. The molecule has 1 aliphatic carbocycles. The van der Waals surface area contributed by atoms with Gasteiger partial charge in [-0.15, -0.1) is 0 Å². The molecule has 0 saturated heterocycles. The van der Waals surface area contributed by atoms with Crippen molar-refractivity contribution in [2.75, 3.05) is 13.2 Å². The van der Waals surface area contributed by atoms with Crippen molar-refractivity contribution in [2.24, 2.45) is 0 Å². The molecule has 1 aromatic heterocycles. The molecule has 0 spiro atoms. The van der Waals surface area contributed by atoms with Crippen LogP contribution in [0.15, 0.2) is 0 Å². The Labute approximate surface area is 94.6 Å². The van der Waals surface area contributed by atoms with Crippen LogP contribution in [0.25, 0.3) is 0 Å². The third kappa shape index (κ3) is 2.29. The number of H-pyrrole nitrogens is 1. The second kappa shape index (κ2) is 4.90. The van der Waals surface area contributed by atoms with Crippen LogP contribution < -0.4 is 0 Å². The van der Waals surface area contributed by atoms with E-state index < -0.39 is 0 Å². The molecule has 1 fully saturated rings. The molecule has 0 aliphatic heterocycles. The molecular weight excluding hydrogens is 210 g/mol. The van der Waals surface area contributed by atoms with Crippen molar-refractivity contribution in [3.8, 4) is 0 Å². The quantitative estimate of drug-likeness (QED) is 0.619. The van der Waals surface area contributed by atoms with Crippen LogP contribution in [0.3, 0.4) is 0 Å². The summed E-state index contributed by atoms with van der Waals surface area (Å²) < 4.78 is 8.14. The Kier molecular flexibility index (Phi) is 3.53. The summed E-state index contributed by atoms with van der Waals surface area (Å²) in [5, 5.41) is 7.18. The van der Waals surface area contributed by atoms with E-state index in [1.54, 1.807) is 0 Å². The Bertz CT molecular complexity index is 367. The van der Waals surface area contributed by atoms with Gasteiger partial charge in [-0.2, -0.15) is 5.10 Å². The maximum absolute atomic E-state index is 5.34. The highest BCUT2D eigenvalue weighted by Crippen LogP contribution is 2.35. The van der Waals surface area contributed by atoms with Crippen molar-refractivity contribution in [2.45, 2.75) is 38.6 Å². The molecular formula is C10H17N3OS. The number of nitrogens with zero attached hydrogens (tertiary/aromatic N) is 2. The molecule has 0 unspecified atom stereocenters. The predicted molar refractivity (Wildman–Crippen MR) is 60.5 cm³/mol. The van der Waals surface area contributed by atoms with Gasteiger partial charge in [-0.05, 0) is 32.0 Å². The number of hydrogen-bond donors (Lipinski definition) is 1. The van der Waals surface area contributed by atoms with Gasteiger partial charge in [0, 0.05) is 12.5 Å². The van der Waals surface area contributed by atoms with Crippen molar-refractivity contribution in [3.05, 3.63) is 10.6 Å². The molecule has 1 N–H and O–H groups in total. The number of rotatable bonds is 5. The van der Waals surface area contributed by atoms with E-state index >= 15 is 0 Å². The Morgan fingerprint density at radius 1 is 1.60 bits per heavy atom. The maximum Gasteiger partial charge on any atom is 0.195 e. The van der Waals surface area contributed by atoms with E-state index in [2.05, 4.69) is 14.8 Å². The smallest absolute Gasteiger partial charge is 0.195 e. The highest BCUT2D eigenvalue weighted by Gasteiger charge is 2.24. The summed E-state index contributed by atoms with van der Waals surface area (Å²) in [6.45, 7) is 4.28. The topological polar surface area (TPSA) is 42.8 Å². The van der Waals surface area contributed by atoms with Gasteiger partial charge >= 0.3 is 0 Å². The minimum atomic E-state index is 0.611. The molecule has 1 aliphatic rings. The van der Waals surface area contributed by atoms with Crippen molar-refractivity contribution >= 4 is 12.2 Å². The van der Waals surface area contributed by atoms with Crippen LogP contribution in [0.2, 0.25) is 0 Å². The number of nitrogens with one attached hydrogen (secondary N) is 1. The third-order valence-corrected chi connectivity index (χ3v) is 3.23. The van der Waals surface area contributed by atoms with Gasteiger partial charge in [0.15, 0.2) is 4.77 Å². The third-order valence-electron chi connectivity index (χ3n) is 2.92. The summed E-state index contributed by atoms with van der Waals surface area (Å²) in [5.74, 6) is 1.73. The van der Waals surface area contributed by atoms with Gasteiger partial charge in [0.1, 0.15) is 5.82 Å². The van der Waals surface area contributed by atoms with Crippen molar-refractivity contribution in [3.63, 3.8) is 0 Å². The fraction of sp³-hybridized carbons (Fsp3) is 0.800. The molecule has 0 aromatic carbocycles. The fourth-order valence-electron chi connectivity index (χ4n) is 1.82. The Morgan fingerprint density at radius 3 is 3.00 bits per heavy atom. The highest BCUT2D eigenvalue weighted by atomic mass is 32.1. The highest BCUT2D eigenvalue weighted by molar-refractivity contribution is 7.71. The van der Waals surface area contributed by atoms with Crippen molar-refractivity contribution in [1.29, 1.82) is 0 Å². The standard InChI is InChI=1S/C10H17N3OS/c1-2-14-7-6-13-9(8-4-3-5-8)11-12-10(13)15/h8H,2-7H2,1H3,(H,12,15). The largest absolute Gasteiger partial charge is 0.380 e. The van der Waals surface area contributed by atoms with Crippen LogP contribution in [0.4, 0.5) is 0 Å². The number of ether oxygens (including phenoxy) is 1. The number of hydrogen-bond acceptors (Lipinski definition) is 3. The van der Waals surface area contributed by atoms with Crippen LogP contribution in [-0.2, 0) is 11.3 Å². The van der Waals surface area contributed by atoms with Crippen LogP contribution in [0, 0.1) is 4.77 Å². The van der Waals surface area contributed by atoms with Gasteiger partial charge < -0.3 is 9.30 Å². The van der Waals surface area contributed by atoms with E-state index in [9.17, 15) is 0 Å². The summed E-state index contributed by atoms with van der Waals surface area (Å²) in [6, 6.07) is 0. The number of aromatic amines is 1. The summed E-state index contributed by atoms with van der Waals surface area (Å²) >= 11 is 5.20. The van der Waals surface area contributed by atoms with Gasteiger partial charge in [-0.3, -0.25) is 5.10 Å². The second-order valence-electron chi connectivity index (χ2n) is 3.86. The summed E-state index contributed by atoms with van der Waals surface area (Å²) in [4.78, 5) is 0. The molecule has 5 heteroatoms. The van der Waals surface area contributed by atoms with Gasteiger partial charge in [-0.25, -0.2) is 0 Å². The molecule has 1 saturated carbocycles. The summed E-state index contributed by atoms with van der Waals surface area (Å²) in [5.41, 5.74) is 0. The van der Waals surface area contributed by atoms with Gasteiger partial charge in [-0.1, -0.05) is 6.42 Å². The normalized spacial score (nSPS) is 16.6. The van der Waals surface area contributed by atoms with Crippen LogP contribution in [0.5, 0.6) is 0 Å². The van der Waals surface area contributed by atoms with Crippen molar-refractivity contribution < 1.29 is 4.74 Å². The average molecular weight is 227 g/mol. The van der Waals surface area contributed by atoms with Gasteiger partial charge in [0.25, 0.3) is 0 Å². The maximum atomic E-state index is 5.34. The predicted octanol–water partition coefficient (Wildman–Crippen LogP) is 2.24. The van der Waals surface area contributed by atoms with E-state index in [1.807, 2.05) is 6.92 Å². The fourth-order valence-corrected chi connectivity index (χ4v) is 2.05. The van der Waals surface area contributed by atoms with E-state index in [0.29, 0.717) is 12.5 Å².